The number of likely N-dealkylation sites (N-methyl/N-ethyl adjacent to an activating group) is 1. The van der Waals surface area contributed by atoms with E-state index in [0.29, 0.717) is 18.7 Å². The molecular formula is C23H24N4O. The van der Waals surface area contributed by atoms with Crippen molar-refractivity contribution in [2.45, 2.75) is 25.7 Å². The Morgan fingerprint density at radius 1 is 1.11 bits per heavy atom. The van der Waals surface area contributed by atoms with Gasteiger partial charge in [0.15, 0.2) is 0 Å². The van der Waals surface area contributed by atoms with Crippen molar-refractivity contribution in [1.29, 1.82) is 0 Å². The number of aromatic nitrogens is 1. The van der Waals surface area contributed by atoms with Crippen molar-refractivity contribution in [3.05, 3.63) is 95.2 Å². The van der Waals surface area contributed by atoms with Crippen molar-refractivity contribution in [2.75, 3.05) is 11.9 Å². The van der Waals surface area contributed by atoms with E-state index in [-0.39, 0.29) is 12.1 Å². The molecule has 1 aliphatic rings. The average molecular weight is 372 g/mol. The molecule has 0 saturated heterocycles. The average Bonchev–Trinajstić information content (AvgIpc) is 2.75. The summed E-state index contributed by atoms with van der Waals surface area (Å²) in [4.78, 5) is 19.2. The standard InChI is InChI=1S/C23H24N4O/c1-27-21(12-17-8-4-2-5-9-17)24-15-19-13-20(16-25-22(19)27)23(28)26-14-18-10-6-3-7-11-18/h2-11,13,16,21,24H,12,14-15H2,1H3,(H,26,28). The molecule has 28 heavy (non-hydrogen) atoms. The topological polar surface area (TPSA) is 57.3 Å². The van der Waals surface area contributed by atoms with Crippen LogP contribution in [0.3, 0.4) is 0 Å². The molecule has 2 N–H and O–H groups in total. The van der Waals surface area contributed by atoms with E-state index in [1.54, 1.807) is 6.20 Å². The van der Waals surface area contributed by atoms with E-state index in [2.05, 4.69) is 44.8 Å². The SMILES string of the molecule is CN1c2ncc(C(=O)NCc3ccccc3)cc2CNC1Cc1ccccc1. The van der Waals surface area contributed by atoms with Crippen LogP contribution >= 0.6 is 0 Å². The lowest BCUT2D eigenvalue weighted by Gasteiger charge is -2.36. The van der Waals surface area contributed by atoms with Gasteiger partial charge < -0.3 is 10.2 Å². The smallest absolute Gasteiger partial charge is 0.253 e. The first-order valence-electron chi connectivity index (χ1n) is 9.52. The zero-order valence-electron chi connectivity index (χ0n) is 15.9. The number of hydrogen-bond acceptors (Lipinski definition) is 4. The van der Waals surface area contributed by atoms with Crippen molar-refractivity contribution in [3.63, 3.8) is 0 Å². The third-order valence-electron chi connectivity index (χ3n) is 5.10. The van der Waals surface area contributed by atoms with E-state index in [0.717, 1.165) is 23.4 Å². The summed E-state index contributed by atoms with van der Waals surface area (Å²) >= 11 is 0. The maximum absolute atomic E-state index is 12.5. The van der Waals surface area contributed by atoms with Crippen molar-refractivity contribution >= 4 is 11.7 Å². The van der Waals surface area contributed by atoms with Gasteiger partial charge in [0.25, 0.3) is 5.91 Å². The summed E-state index contributed by atoms with van der Waals surface area (Å²) < 4.78 is 0. The fourth-order valence-electron chi connectivity index (χ4n) is 3.51. The highest BCUT2D eigenvalue weighted by Gasteiger charge is 2.25. The van der Waals surface area contributed by atoms with Crippen LogP contribution in [0.5, 0.6) is 0 Å². The van der Waals surface area contributed by atoms with Gasteiger partial charge >= 0.3 is 0 Å². The van der Waals surface area contributed by atoms with E-state index < -0.39 is 0 Å². The van der Waals surface area contributed by atoms with Crippen molar-refractivity contribution in [1.82, 2.24) is 15.6 Å². The highest BCUT2D eigenvalue weighted by atomic mass is 16.1. The second-order valence-corrected chi connectivity index (χ2v) is 7.07. The number of carbonyl (C=O) groups is 1. The molecule has 1 unspecified atom stereocenters. The molecule has 2 heterocycles. The molecule has 3 aromatic rings. The Bertz CT molecular complexity index is 943. The summed E-state index contributed by atoms with van der Waals surface area (Å²) in [5, 5.41) is 6.51. The molecule has 5 nitrogen and oxygen atoms in total. The van der Waals surface area contributed by atoms with Crippen molar-refractivity contribution < 1.29 is 4.79 Å². The molecule has 5 heteroatoms. The monoisotopic (exact) mass is 372 g/mol. The van der Waals surface area contributed by atoms with Crippen LogP contribution in [0.25, 0.3) is 0 Å². The molecule has 4 rings (SSSR count). The van der Waals surface area contributed by atoms with Gasteiger partial charge in [-0.1, -0.05) is 60.7 Å². The Morgan fingerprint density at radius 3 is 2.50 bits per heavy atom. The van der Waals surface area contributed by atoms with Gasteiger partial charge in [0.2, 0.25) is 0 Å². The quantitative estimate of drug-likeness (QED) is 0.723. The molecule has 0 bridgehead atoms. The molecule has 1 aromatic heterocycles. The van der Waals surface area contributed by atoms with Crippen LogP contribution in [-0.4, -0.2) is 24.1 Å². The highest BCUT2D eigenvalue weighted by Crippen LogP contribution is 2.24. The Kier molecular flexibility index (Phi) is 5.35. The third kappa shape index (κ3) is 4.05. The number of pyridine rings is 1. The summed E-state index contributed by atoms with van der Waals surface area (Å²) in [6, 6.07) is 22.3. The fourth-order valence-corrected chi connectivity index (χ4v) is 3.51. The van der Waals surface area contributed by atoms with Crippen LogP contribution in [0, 0.1) is 0 Å². The molecule has 1 atom stereocenters. The molecule has 0 aliphatic carbocycles. The Hall–Kier alpha value is -3.18. The first-order chi connectivity index (χ1) is 13.7. The molecular weight excluding hydrogens is 348 g/mol. The molecule has 2 aromatic carbocycles. The van der Waals surface area contributed by atoms with Crippen LogP contribution in [0.2, 0.25) is 0 Å². The Morgan fingerprint density at radius 2 is 1.79 bits per heavy atom. The van der Waals surface area contributed by atoms with Crippen LogP contribution in [-0.2, 0) is 19.5 Å². The number of nitrogens with one attached hydrogen (secondary N) is 2. The summed E-state index contributed by atoms with van der Waals surface area (Å²) in [5.74, 6) is 0.826. The first kappa shape index (κ1) is 18.2. The van der Waals surface area contributed by atoms with Crippen LogP contribution in [0.4, 0.5) is 5.82 Å². The third-order valence-corrected chi connectivity index (χ3v) is 5.10. The number of rotatable bonds is 5. The van der Waals surface area contributed by atoms with Gasteiger partial charge in [-0.05, 0) is 17.2 Å². The molecule has 1 aliphatic heterocycles. The molecule has 0 fully saturated rings. The molecule has 0 saturated carbocycles. The van der Waals surface area contributed by atoms with Crippen LogP contribution in [0.1, 0.15) is 27.0 Å². The lowest BCUT2D eigenvalue weighted by atomic mass is 10.1. The maximum Gasteiger partial charge on any atom is 0.253 e. The number of benzene rings is 2. The van der Waals surface area contributed by atoms with Gasteiger partial charge in [-0.25, -0.2) is 4.98 Å². The summed E-state index contributed by atoms with van der Waals surface area (Å²) in [5.41, 5.74) is 3.99. The molecule has 142 valence electrons. The second-order valence-electron chi connectivity index (χ2n) is 7.07. The number of anilines is 1. The number of amides is 1. The summed E-state index contributed by atoms with van der Waals surface area (Å²) in [6.45, 7) is 1.21. The second kappa shape index (κ2) is 8.23. The number of carbonyl (C=O) groups excluding carboxylic acids is 1. The normalized spacial score (nSPS) is 15.8. The van der Waals surface area contributed by atoms with Crippen LogP contribution < -0.4 is 15.5 Å². The molecule has 1 amide bonds. The zero-order chi connectivity index (χ0) is 19.3. The van der Waals surface area contributed by atoms with Gasteiger partial charge in [0.1, 0.15) is 5.82 Å². The van der Waals surface area contributed by atoms with E-state index >= 15 is 0 Å². The van der Waals surface area contributed by atoms with Gasteiger partial charge in [-0.2, -0.15) is 0 Å². The Balaban J connectivity index is 1.43. The first-order valence-corrected chi connectivity index (χ1v) is 9.52. The van der Waals surface area contributed by atoms with Crippen molar-refractivity contribution in [3.8, 4) is 0 Å². The predicted molar refractivity (Wildman–Crippen MR) is 111 cm³/mol. The zero-order valence-corrected chi connectivity index (χ0v) is 15.9. The lowest BCUT2D eigenvalue weighted by molar-refractivity contribution is 0.0950. The maximum atomic E-state index is 12.5. The molecule has 0 spiro atoms. The number of nitrogens with zero attached hydrogens (tertiary/aromatic N) is 2. The minimum Gasteiger partial charge on any atom is -0.348 e. The fraction of sp³-hybridized carbons (Fsp3) is 0.217. The largest absolute Gasteiger partial charge is 0.348 e. The number of fused-ring (bicyclic) bond motifs is 1. The van der Waals surface area contributed by atoms with Crippen molar-refractivity contribution in [2.24, 2.45) is 0 Å². The van der Waals surface area contributed by atoms with Crippen LogP contribution in [0.15, 0.2) is 72.9 Å². The summed E-state index contributed by atoms with van der Waals surface area (Å²) in [6.07, 6.45) is 2.75. The lowest BCUT2D eigenvalue weighted by Crippen LogP contribution is -2.49. The minimum absolute atomic E-state index is 0.104. The number of hydrogen-bond donors (Lipinski definition) is 2. The minimum atomic E-state index is -0.104. The van der Waals surface area contributed by atoms with E-state index in [1.807, 2.05) is 49.5 Å². The van der Waals surface area contributed by atoms with E-state index in [1.165, 1.54) is 5.56 Å². The van der Waals surface area contributed by atoms with Gasteiger partial charge in [-0.3, -0.25) is 10.1 Å². The predicted octanol–water partition coefficient (Wildman–Crippen LogP) is 3.12. The van der Waals surface area contributed by atoms with E-state index in [4.69, 9.17) is 0 Å². The van der Waals surface area contributed by atoms with E-state index in [9.17, 15) is 4.79 Å². The van der Waals surface area contributed by atoms with Gasteiger partial charge in [0, 0.05) is 38.3 Å². The van der Waals surface area contributed by atoms with Gasteiger partial charge in [0.05, 0.1) is 11.7 Å². The molecule has 0 radical (unpaired) electrons. The highest BCUT2D eigenvalue weighted by molar-refractivity contribution is 5.94. The summed E-state index contributed by atoms with van der Waals surface area (Å²) in [7, 11) is 2.04. The van der Waals surface area contributed by atoms with Gasteiger partial charge in [-0.15, -0.1) is 0 Å². The Labute approximate surface area is 165 Å².